The Balaban J connectivity index is 0.00000261. The van der Waals surface area contributed by atoms with Crippen LogP contribution in [0.4, 0.5) is 0 Å². The lowest BCUT2D eigenvalue weighted by atomic mass is 10.1. The summed E-state index contributed by atoms with van der Waals surface area (Å²) in [5.41, 5.74) is 0. The van der Waals surface area contributed by atoms with E-state index < -0.39 is 0 Å². The van der Waals surface area contributed by atoms with Gasteiger partial charge in [0.2, 0.25) is 0 Å². The number of hydrogen-bond donors (Lipinski definition) is 2. The highest BCUT2D eigenvalue weighted by Gasteiger charge is 2.13. The quantitative estimate of drug-likeness (QED) is 0.244. The number of aromatic nitrogens is 3. The fourth-order valence-corrected chi connectivity index (χ4v) is 2.88. The van der Waals surface area contributed by atoms with Gasteiger partial charge in [-0.15, -0.1) is 29.1 Å². The maximum absolute atomic E-state index is 5.77. The molecule has 0 saturated carbocycles. The SMILES string of the molecule is I.c1coc(CCNC(=NCC2CCCCO2)NCCCn2ccnn2)c1. The minimum Gasteiger partial charge on any atom is -0.469 e. The van der Waals surface area contributed by atoms with Crippen molar-refractivity contribution in [2.75, 3.05) is 26.2 Å². The molecule has 0 spiro atoms. The van der Waals surface area contributed by atoms with Gasteiger partial charge in [-0.2, -0.15) is 0 Å². The van der Waals surface area contributed by atoms with Crippen molar-refractivity contribution < 1.29 is 9.15 Å². The van der Waals surface area contributed by atoms with Gasteiger partial charge in [-0.1, -0.05) is 5.21 Å². The molecule has 9 heteroatoms. The predicted molar refractivity (Wildman–Crippen MR) is 114 cm³/mol. The molecule has 1 saturated heterocycles. The molecule has 3 rings (SSSR count). The zero-order valence-corrected chi connectivity index (χ0v) is 17.9. The van der Waals surface area contributed by atoms with E-state index in [9.17, 15) is 0 Å². The van der Waals surface area contributed by atoms with Gasteiger partial charge in [0.15, 0.2) is 5.96 Å². The molecule has 3 heterocycles. The molecule has 2 aromatic rings. The number of nitrogens with one attached hydrogen (secondary N) is 2. The van der Waals surface area contributed by atoms with Gasteiger partial charge >= 0.3 is 0 Å². The Morgan fingerprint density at radius 1 is 1.30 bits per heavy atom. The van der Waals surface area contributed by atoms with Crippen LogP contribution in [0.1, 0.15) is 31.4 Å². The van der Waals surface area contributed by atoms with Crippen LogP contribution in [-0.2, 0) is 17.7 Å². The fraction of sp³-hybridized carbons (Fsp3) is 0.611. The Bertz CT molecular complexity index is 626. The van der Waals surface area contributed by atoms with E-state index in [0.29, 0.717) is 6.54 Å². The third kappa shape index (κ3) is 8.29. The summed E-state index contributed by atoms with van der Waals surface area (Å²) in [4.78, 5) is 4.70. The summed E-state index contributed by atoms with van der Waals surface area (Å²) in [7, 11) is 0. The average Bonchev–Trinajstić information content (AvgIpc) is 3.37. The van der Waals surface area contributed by atoms with Gasteiger partial charge in [0.05, 0.1) is 25.1 Å². The minimum atomic E-state index is 0. The predicted octanol–water partition coefficient (Wildman–Crippen LogP) is 2.23. The number of aryl methyl sites for hydroxylation is 1. The van der Waals surface area contributed by atoms with E-state index in [0.717, 1.165) is 63.6 Å². The second kappa shape index (κ2) is 12.7. The van der Waals surface area contributed by atoms with Crippen LogP contribution >= 0.6 is 24.0 Å². The van der Waals surface area contributed by atoms with Crippen molar-refractivity contribution in [3.8, 4) is 0 Å². The number of furan rings is 1. The van der Waals surface area contributed by atoms with Gasteiger partial charge in [-0.25, -0.2) is 0 Å². The fourth-order valence-electron chi connectivity index (χ4n) is 2.88. The number of guanidine groups is 1. The van der Waals surface area contributed by atoms with Gasteiger partial charge in [0.1, 0.15) is 5.76 Å². The first-order valence-corrected chi connectivity index (χ1v) is 9.40. The number of nitrogens with zero attached hydrogens (tertiary/aromatic N) is 4. The highest BCUT2D eigenvalue weighted by molar-refractivity contribution is 14.0. The van der Waals surface area contributed by atoms with E-state index in [1.165, 1.54) is 6.42 Å². The lowest BCUT2D eigenvalue weighted by Gasteiger charge is -2.21. The van der Waals surface area contributed by atoms with E-state index in [2.05, 4.69) is 20.9 Å². The van der Waals surface area contributed by atoms with Gasteiger partial charge < -0.3 is 19.8 Å². The normalized spacial score (nSPS) is 17.3. The van der Waals surface area contributed by atoms with Gasteiger partial charge in [0.25, 0.3) is 0 Å². The number of halogens is 1. The first-order chi connectivity index (χ1) is 12.9. The van der Waals surface area contributed by atoms with Gasteiger partial charge in [0, 0.05) is 38.9 Å². The molecule has 1 atom stereocenters. The van der Waals surface area contributed by atoms with E-state index in [4.69, 9.17) is 14.1 Å². The molecule has 27 heavy (non-hydrogen) atoms. The highest BCUT2D eigenvalue weighted by Crippen LogP contribution is 2.12. The Morgan fingerprint density at radius 2 is 2.22 bits per heavy atom. The molecule has 1 aliphatic rings. The first-order valence-electron chi connectivity index (χ1n) is 9.40. The lowest BCUT2D eigenvalue weighted by Crippen LogP contribution is -2.40. The van der Waals surface area contributed by atoms with Crippen LogP contribution in [0, 0.1) is 0 Å². The summed E-state index contributed by atoms with van der Waals surface area (Å²) in [6.07, 6.45) is 10.8. The number of hydrogen-bond acceptors (Lipinski definition) is 5. The number of aliphatic imine (C=N–C) groups is 1. The number of rotatable bonds is 9. The Hall–Kier alpha value is -1.62. The van der Waals surface area contributed by atoms with Crippen molar-refractivity contribution in [3.63, 3.8) is 0 Å². The van der Waals surface area contributed by atoms with Crippen molar-refractivity contribution in [3.05, 3.63) is 36.5 Å². The maximum Gasteiger partial charge on any atom is 0.191 e. The molecular weight excluding hydrogens is 459 g/mol. The topological polar surface area (TPSA) is 89.5 Å². The molecule has 1 fully saturated rings. The summed E-state index contributed by atoms with van der Waals surface area (Å²) in [5.74, 6) is 1.79. The van der Waals surface area contributed by atoms with Gasteiger partial charge in [-0.05, 0) is 37.8 Å². The van der Waals surface area contributed by atoms with E-state index in [-0.39, 0.29) is 30.1 Å². The monoisotopic (exact) mass is 488 g/mol. The van der Waals surface area contributed by atoms with Crippen LogP contribution in [-0.4, -0.2) is 53.3 Å². The summed E-state index contributed by atoms with van der Waals surface area (Å²) in [5, 5.41) is 14.6. The average molecular weight is 488 g/mol. The smallest absolute Gasteiger partial charge is 0.191 e. The Kier molecular flexibility index (Phi) is 10.2. The molecule has 1 unspecified atom stereocenters. The Labute approximate surface area is 177 Å². The molecule has 0 aromatic carbocycles. The molecule has 2 N–H and O–H groups in total. The van der Waals surface area contributed by atoms with Crippen LogP contribution in [0.25, 0.3) is 0 Å². The first kappa shape index (κ1) is 21.7. The number of ether oxygens (including phenoxy) is 1. The van der Waals surface area contributed by atoms with Crippen LogP contribution in [0.2, 0.25) is 0 Å². The highest BCUT2D eigenvalue weighted by atomic mass is 127. The van der Waals surface area contributed by atoms with E-state index >= 15 is 0 Å². The van der Waals surface area contributed by atoms with E-state index in [1.54, 1.807) is 12.5 Å². The summed E-state index contributed by atoms with van der Waals surface area (Å²) < 4.78 is 13.0. The molecule has 1 aliphatic heterocycles. The van der Waals surface area contributed by atoms with E-state index in [1.807, 2.05) is 23.0 Å². The second-order valence-electron chi connectivity index (χ2n) is 6.38. The molecule has 0 amide bonds. The third-order valence-electron chi connectivity index (χ3n) is 4.30. The zero-order valence-electron chi connectivity index (χ0n) is 15.5. The van der Waals surface area contributed by atoms with Gasteiger partial charge in [-0.3, -0.25) is 9.67 Å². The van der Waals surface area contributed by atoms with Crippen molar-refractivity contribution in [2.24, 2.45) is 4.99 Å². The van der Waals surface area contributed by atoms with Crippen molar-refractivity contribution in [2.45, 2.75) is 44.8 Å². The molecule has 0 aliphatic carbocycles. The zero-order chi connectivity index (χ0) is 17.9. The summed E-state index contributed by atoms with van der Waals surface area (Å²) in [6, 6.07) is 3.90. The van der Waals surface area contributed by atoms with Crippen molar-refractivity contribution >= 4 is 29.9 Å². The third-order valence-corrected chi connectivity index (χ3v) is 4.30. The van der Waals surface area contributed by atoms with Crippen molar-refractivity contribution in [1.29, 1.82) is 0 Å². The largest absolute Gasteiger partial charge is 0.469 e. The molecular formula is C18H29IN6O2. The molecule has 0 radical (unpaired) electrons. The Morgan fingerprint density at radius 3 is 2.96 bits per heavy atom. The van der Waals surface area contributed by atoms with Crippen molar-refractivity contribution in [1.82, 2.24) is 25.6 Å². The van der Waals surface area contributed by atoms with Crippen LogP contribution in [0.5, 0.6) is 0 Å². The standard InChI is InChI=1S/C18H28N6O2.HI/c1-2-13-26-17(5-1)15-21-18(20-9-7-16-6-3-14-25-16)19-8-4-11-24-12-10-22-23-24;/h3,6,10,12,14,17H,1-2,4-5,7-9,11,13,15H2,(H2,19,20,21);1H. The minimum absolute atomic E-state index is 0. The van der Waals surface area contributed by atoms with Crippen LogP contribution < -0.4 is 10.6 Å². The molecule has 2 aromatic heterocycles. The molecule has 0 bridgehead atoms. The van der Waals surface area contributed by atoms with Crippen LogP contribution in [0.3, 0.4) is 0 Å². The summed E-state index contributed by atoms with van der Waals surface area (Å²) >= 11 is 0. The molecule has 8 nitrogen and oxygen atoms in total. The van der Waals surface area contributed by atoms with Crippen LogP contribution in [0.15, 0.2) is 40.2 Å². The second-order valence-corrected chi connectivity index (χ2v) is 6.38. The lowest BCUT2D eigenvalue weighted by molar-refractivity contribution is 0.0224. The summed E-state index contributed by atoms with van der Waals surface area (Å²) in [6.45, 7) is 3.97. The maximum atomic E-state index is 5.77. The molecule has 150 valence electrons.